The van der Waals surface area contributed by atoms with Crippen LogP contribution in [0, 0.1) is 5.82 Å². The third kappa shape index (κ3) is 3.19. The van der Waals surface area contributed by atoms with Gasteiger partial charge in [-0.05, 0) is 24.6 Å². The van der Waals surface area contributed by atoms with Gasteiger partial charge in [0, 0.05) is 37.2 Å². The molecule has 2 heterocycles. The number of amides is 2. The van der Waals surface area contributed by atoms with Gasteiger partial charge in [0.2, 0.25) is 0 Å². The van der Waals surface area contributed by atoms with Gasteiger partial charge in [-0.1, -0.05) is 23.8 Å². The van der Waals surface area contributed by atoms with Crippen LogP contribution >= 0.6 is 11.6 Å². The lowest BCUT2D eigenvalue weighted by Crippen LogP contribution is -2.39. The summed E-state index contributed by atoms with van der Waals surface area (Å²) < 4.78 is 13.6. The molecule has 1 fully saturated rings. The predicted octanol–water partition coefficient (Wildman–Crippen LogP) is 2.96. The van der Waals surface area contributed by atoms with Crippen LogP contribution in [0.3, 0.4) is 0 Å². The molecule has 0 radical (unpaired) electrons. The van der Waals surface area contributed by atoms with Crippen LogP contribution in [0.1, 0.15) is 6.42 Å². The van der Waals surface area contributed by atoms with E-state index in [1.54, 1.807) is 4.90 Å². The molecule has 21 heavy (non-hydrogen) atoms. The van der Waals surface area contributed by atoms with Gasteiger partial charge in [0.25, 0.3) is 0 Å². The molecule has 0 aliphatic carbocycles. The molecule has 0 unspecified atom stereocenters. The third-order valence-corrected chi connectivity index (χ3v) is 4.22. The zero-order chi connectivity index (χ0) is 14.8. The summed E-state index contributed by atoms with van der Waals surface area (Å²) in [5.41, 5.74) is 0.124. The van der Waals surface area contributed by atoms with Crippen LogP contribution in [0.2, 0.25) is 5.02 Å². The molecule has 0 bridgehead atoms. The van der Waals surface area contributed by atoms with Crippen molar-refractivity contribution in [2.45, 2.75) is 12.5 Å². The Morgan fingerprint density at radius 1 is 1.33 bits per heavy atom. The minimum atomic E-state index is -0.479. The number of anilines is 1. The fourth-order valence-electron chi connectivity index (χ4n) is 2.80. The van der Waals surface area contributed by atoms with Gasteiger partial charge in [-0.2, -0.15) is 0 Å². The summed E-state index contributed by atoms with van der Waals surface area (Å²) in [6.45, 7) is 3.26. The summed E-state index contributed by atoms with van der Waals surface area (Å²) in [5.74, 6) is -0.479. The smallest absolute Gasteiger partial charge is 0.321 e. The maximum absolute atomic E-state index is 13.6. The van der Waals surface area contributed by atoms with Crippen molar-refractivity contribution in [3.63, 3.8) is 0 Å². The average Bonchev–Trinajstić information content (AvgIpc) is 3.12. The first-order valence-electron chi connectivity index (χ1n) is 7.03. The molecule has 0 saturated carbocycles. The van der Waals surface area contributed by atoms with E-state index in [0.29, 0.717) is 24.2 Å². The molecule has 1 saturated heterocycles. The van der Waals surface area contributed by atoms with Crippen molar-refractivity contribution in [2.75, 3.05) is 31.5 Å². The molecule has 1 N–H and O–H groups in total. The number of likely N-dealkylation sites (tertiary alicyclic amines) is 1. The topological polar surface area (TPSA) is 35.6 Å². The fourth-order valence-corrected chi connectivity index (χ4v) is 2.98. The maximum atomic E-state index is 13.6. The lowest BCUT2D eigenvalue weighted by atomic mass is 10.2. The van der Waals surface area contributed by atoms with E-state index < -0.39 is 5.82 Å². The number of benzene rings is 1. The van der Waals surface area contributed by atoms with Crippen LogP contribution in [0.4, 0.5) is 14.9 Å². The number of carbonyl (C=O) groups excluding carboxylic acids is 1. The number of halogens is 2. The molecule has 2 aliphatic rings. The second-order valence-corrected chi connectivity index (χ2v) is 5.80. The molecule has 4 nitrogen and oxygen atoms in total. The van der Waals surface area contributed by atoms with Crippen LogP contribution in [0.15, 0.2) is 30.4 Å². The fraction of sp³-hybridized carbons (Fsp3) is 0.400. The third-order valence-electron chi connectivity index (χ3n) is 3.98. The van der Waals surface area contributed by atoms with E-state index in [-0.39, 0.29) is 11.7 Å². The number of nitrogens with zero attached hydrogens (tertiary/aromatic N) is 2. The number of urea groups is 1. The summed E-state index contributed by atoms with van der Waals surface area (Å²) in [6, 6.07) is 4.24. The Bertz CT molecular complexity index is 570. The van der Waals surface area contributed by atoms with Crippen LogP contribution in [0.5, 0.6) is 0 Å². The molecule has 2 aliphatic heterocycles. The van der Waals surface area contributed by atoms with Crippen molar-refractivity contribution in [1.29, 1.82) is 0 Å². The van der Waals surface area contributed by atoms with E-state index in [9.17, 15) is 9.18 Å². The molecule has 1 aromatic carbocycles. The van der Waals surface area contributed by atoms with E-state index in [0.717, 1.165) is 19.5 Å². The summed E-state index contributed by atoms with van der Waals surface area (Å²) in [7, 11) is 0. The van der Waals surface area contributed by atoms with E-state index in [1.807, 2.05) is 0 Å². The number of hydrogen-bond acceptors (Lipinski definition) is 2. The zero-order valence-electron chi connectivity index (χ0n) is 11.6. The Kier molecular flexibility index (Phi) is 4.12. The SMILES string of the molecule is O=C(Nc1cc(Cl)ccc1F)N1CC[C@H](N2CC=CC2)C1. The second-order valence-electron chi connectivity index (χ2n) is 5.37. The summed E-state index contributed by atoms with van der Waals surface area (Å²) in [6.07, 6.45) is 5.24. The highest BCUT2D eigenvalue weighted by Crippen LogP contribution is 2.22. The largest absolute Gasteiger partial charge is 0.323 e. The lowest BCUT2D eigenvalue weighted by Gasteiger charge is -2.23. The Labute approximate surface area is 128 Å². The molecule has 112 valence electrons. The van der Waals surface area contributed by atoms with Crippen LogP contribution < -0.4 is 5.32 Å². The maximum Gasteiger partial charge on any atom is 0.321 e. The van der Waals surface area contributed by atoms with Gasteiger partial charge in [-0.3, -0.25) is 4.90 Å². The van der Waals surface area contributed by atoms with Crippen molar-refractivity contribution in [1.82, 2.24) is 9.80 Å². The first-order chi connectivity index (χ1) is 10.1. The molecule has 1 atom stereocenters. The highest BCUT2D eigenvalue weighted by molar-refractivity contribution is 6.30. The predicted molar refractivity (Wildman–Crippen MR) is 81.1 cm³/mol. The van der Waals surface area contributed by atoms with Crippen molar-refractivity contribution in [2.24, 2.45) is 0 Å². The standard InChI is InChI=1S/C15H17ClFN3O/c16-11-3-4-13(17)14(9-11)18-15(21)20-8-5-12(10-20)19-6-1-2-7-19/h1-4,9,12H,5-8,10H2,(H,18,21)/t12-/m0/s1. The molecular formula is C15H17ClFN3O. The first-order valence-corrected chi connectivity index (χ1v) is 7.41. The Hall–Kier alpha value is -1.59. The Morgan fingerprint density at radius 2 is 2.10 bits per heavy atom. The van der Waals surface area contributed by atoms with Gasteiger partial charge in [-0.25, -0.2) is 9.18 Å². The second kappa shape index (κ2) is 6.03. The van der Waals surface area contributed by atoms with Crippen molar-refractivity contribution >= 4 is 23.3 Å². The molecule has 0 spiro atoms. The van der Waals surface area contributed by atoms with Crippen LogP contribution in [-0.4, -0.2) is 48.1 Å². The van der Waals surface area contributed by atoms with Crippen LogP contribution in [-0.2, 0) is 0 Å². The molecule has 2 amide bonds. The summed E-state index contributed by atoms with van der Waals surface area (Å²) >= 11 is 5.82. The number of hydrogen-bond donors (Lipinski definition) is 1. The molecule has 1 aromatic rings. The normalized spacial score (nSPS) is 22.0. The number of rotatable bonds is 2. The van der Waals surface area contributed by atoms with Gasteiger partial charge in [-0.15, -0.1) is 0 Å². The van der Waals surface area contributed by atoms with Crippen LogP contribution in [0.25, 0.3) is 0 Å². The van der Waals surface area contributed by atoms with E-state index in [4.69, 9.17) is 11.6 Å². The average molecular weight is 310 g/mol. The highest BCUT2D eigenvalue weighted by atomic mass is 35.5. The Morgan fingerprint density at radius 3 is 2.86 bits per heavy atom. The minimum absolute atomic E-state index is 0.124. The highest BCUT2D eigenvalue weighted by Gasteiger charge is 2.30. The lowest BCUT2D eigenvalue weighted by molar-refractivity contribution is 0.212. The number of nitrogens with one attached hydrogen (secondary N) is 1. The first kappa shape index (κ1) is 14.4. The monoisotopic (exact) mass is 309 g/mol. The van der Waals surface area contributed by atoms with Gasteiger partial charge in [0.05, 0.1) is 5.69 Å². The molecule has 6 heteroatoms. The van der Waals surface area contributed by atoms with Crippen molar-refractivity contribution in [3.8, 4) is 0 Å². The van der Waals surface area contributed by atoms with E-state index >= 15 is 0 Å². The quantitative estimate of drug-likeness (QED) is 0.853. The minimum Gasteiger partial charge on any atom is -0.323 e. The summed E-state index contributed by atoms with van der Waals surface area (Å²) in [4.78, 5) is 16.3. The Balaban J connectivity index is 1.60. The van der Waals surface area contributed by atoms with Crippen molar-refractivity contribution < 1.29 is 9.18 Å². The van der Waals surface area contributed by atoms with Gasteiger partial charge < -0.3 is 10.2 Å². The summed E-state index contributed by atoms with van der Waals surface area (Å²) in [5, 5.41) is 2.99. The van der Waals surface area contributed by atoms with Gasteiger partial charge >= 0.3 is 6.03 Å². The van der Waals surface area contributed by atoms with Crippen molar-refractivity contribution in [3.05, 3.63) is 41.2 Å². The molecular weight excluding hydrogens is 293 g/mol. The van der Waals surface area contributed by atoms with Gasteiger partial charge in [0.15, 0.2) is 0 Å². The zero-order valence-corrected chi connectivity index (χ0v) is 12.3. The van der Waals surface area contributed by atoms with E-state index in [2.05, 4.69) is 22.4 Å². The van der Waals surface area contributed by atoms with E-state index in [1.165, 1.54) is 18.2 Å². The van der Waals surface area contributed by atoms with Gasteiger partial charge in [0.1, 0.15) is 5.82 Å². The molecule has 0 aromatic heterocycles. The molecule has 3 rings (SSSR count). The number of carbonyl (C=O) groups is 1.